The Kier molecular flexibility index (Phi) is 6.92. The molecule has 1 heterocycles. The summed E-state index contributed by atoms with van der Waals surface area (Å²) in [6, 6.07) is 18.5. The van der Waals surface area contributed by atoms with Gasteiger partial charge in [0, 0.05) is 10.8 Å². The molecule has 3 heteroatoms. The van der Waals surface area contributed by atoms with Crippen LogP contribution in [-0.4, -0.2) is 10.1 Å². The molecular formula is C28H35NO2. The predicted octanol–water partition coefficient (Wildman–Crippen LogP) is 7.16. The number of rotatable bonds is 9. The molecule has 0 radical (unpaired) electrons. The molecule has 2 aromatic carbocycles. The van der Waals surface area contributed by atoms with E-state index in [0.717, 1.165) is 53.6 Å². The molecule has 3 aromatic rings. The van der Waals surface area contributed by atoms with E-state index < -0.39 is 6.10 Å². The van der Waals surface area contributed by atoms with Crippen molar-refractivity contribution in [1.82, 2.24) is 4.98 Å². The van der Waals surface area contributed by atoms with Gasteiger partial charge in [-0.3, -0.25) is 0 Å². The summed E-state index contributed by atoms with van der Waals surface area (Å²) >= 11 is 0. The van der Waals surface area contributed by atoms with Gasteiger partial charge in [-0.05, 0) is 55.0 Å². The zero-order valence-corrected chi connectivity index (χ0v) is 18.9. The maximum atomic E-state index is 11.5. The Morgan fingerprint density at radius 1 is 0.968 bits per heavy atom. The zero-order valence-electron chi connectivity index (χ0n) is 18.9. The number of hydrogen-bond donors (Lipinski definition) is 1. The second-order valence-electron chi connectivity index (χ2n) is 9.08. The van der Waals surface area contributed by atoms with E-state index in [0.29, 0.717) is 6.61 Å². The number of unbranched alkanes of at least 4 members (excludes halogenated alkanes) is 2. The molecule has 1 N–H and O–H groups in total. The Labute approximate surface area is 186 Å². The van der Waals surface area contributed by atoms with Gasteiger partial charge in [0.1, 0.15) is 12.4 Å². The average molecular weight is 418 g/mol. The van der Waals surface area contributed by atoms with Crippen LogP contribution in [0.25, 0.3) is 10.9 Å². The quantitative estimate of drug-likeness (QED) is 0.401. The van der Waals surface area contributed by atoms with Gasteiger partial charge in [0.25, 0.3) is 0 Å². The van der Waals surface area contributed by atoms with Crippen LogP contribution in [0.1, 0.15) is 81.7 Å². The molecule has 0 bridgehead atoms. The van der Waals surface area contributed by atoms with E-state index in [9.17, 15) is 5.11 Å². The molecule has 0 aliphatic heterocycles. The number of fused-ring (bicyclic) bond motifs is 2. The first kappa shape index (κ1) is 21.8. The highest BCUT2D eigenvalue weighted by Crippen LogP contribution is 2.52. The van der Waals surface area contributed by atoms with Crippen LogP contribution in [0.15, 0.2) is 54.6 Å². The summed E-state index contributed by atoms with van der Waals surface area (Å²) in [5.74, 6) is 0.895. The molecule has 4 rings (SSSR count). The molecule has 3 nitrogen and oxygen atoms in total. The number of benzene rings is 2. The van der Waals surface area contributed by atoms with Crippen LogP contribution in [0.3, 0.4) is 0 Å². The lowest BCUT2D eigenvalue weighted by Crippen LogP contribution is -2.34. The van der Waals surface area contributed by atoms with E-state index in [-0.39, 0.29) is 5.41 Å². The van der Waals surface area contributed by atoms with Crippen molar-refractivity contribution in [2.45, 2.75) is 77.9 Å². The van der Waals surface area contributed by atoms with Crippen molar-refractivity contribution < 1.29 is 9.84 Å². The third-order valence-electron chi connectivity index (χ3n) is 7.00. The maximum absolute atomic E-state index is 11.5. The lowest BCUT2D eigenvalue weighted by atomic mass is 9.64. The number of hydrogen-bond acceptors (Lipinski definition) is 3. The van der Waals surface area contributed by atoms with Gasteiger partial charge in [-0.1, -0.05) is 75.9 Å². The number of aliphatic hydroxyl groups is 1. The van der Waals surface area contributed by atoms with E-state index in [4.69, 9.17) is 9.72 Å². The Balaban J connectivity index is 1.54. The topological polar surface area (TPSA) is 42.4 Å². The van der Waals surface area contributed by atoms with Crippen molar-refractivity contribution in [2.75, 3.05) is 0 Å². The van der Waals surface area contributed by atoms with Crippen LogP contribution in [0.4, 0.5) is 0 Å². The largest absolute Gasteiger partial charge is 0.487 e. The normalized spacial score (nSPS) is 17.5. The molecule has 0 spiro atoms. The Morgan fingerprint density at radius 3 is 2.52 bits per heavy atom. The standard InChI is InChI=1S/C28H35NO2/c1-3-5-17-28(18-6-4-2)19-16-23-24(27(28)30)11-9-13-26(23)31-20-22-15-14-21-10-7-8-12-25(21)29-22/h7-15,27,30H,3-6,16-20H2,1-2H3/t27-/m1/s1. The fourth-order valence-electron chi connectivity index (χ4n) is 5.13. The smallest absolute Gasteiger partial charge is 0.130 e. The molecule has 1 atom stereocenters. The van der Waals surface area contributed by atoms with Crippen molar-refractivity contribution in [3.05, 3.63) is 71.4 Å². The number of nitrogens with zero attached hydrogens (tertiary/aromatic N) is 1. The first-order chi connectivity index (χ1) is 15.2. The number of pyridine rings is 1. The number of aromatic nitrogens is 1. The van der Waals surface area contributed by atoms with E-state index in [1.807, 2.05) is 36.4 Å². The van der Waals surface area contributed by atoms with E-state index in [1.54, 1.807) is 0 Å². The molecule has 1 aliphatic carbocycles. The molecule has 31 heavy (non-hydrogen) atoms. The monoisotopic (exact) mass is 417 g/mol. The lowest BCUT2D eigenvalue weighted by Gasteiger charge is -2.43. The molecule has 1 aliphatic rings. The van der Waals surface area contributed by atoms with Gasteiger partial charge in [-0.15, -0.1) is 0 Å². The molecule has 164 valence electrons. The molecular weight excluding hydrogens is 382 g/mol. The molecule has 0 amide bonds. The third-order valence-corrected chi connectivity index (χ3v) is 7.00. The number of ether oxygens (including phenoxy) is 1. The van der Waals surface area contributed by atoms with Gasteiger partial charge >= 0.3 is 0 Å². The van der Waals surface area contributed by atoms with Gasteiger partial charge < -0.3 is 9.84 Å². The lowest BCUT2D eigenvalue weighted by molar-refractivity contribution is -0.0103. The van der Waals surface area contributed by atoms with Gasteiger partial charge in [-0.2, -0.15) is 0 Å². The molecule has 0 saturated heterocycles. The van der Waals surface area contributed by atoms with E-state index >= 15 is 0 Å². The molecule has 1 aromatic heterocycles. The Bertz CT molecular complexity index is 1000. The van der Waals surface area contributed by atoms with E-state index in [2.05, 4.69) is 32.0 Å². The second kappa shape index (κ2) is 9.82. The second-order valence-corrected chi connectivity index (χ2v) is 9.08. The van der Waals surface area contributed by atoms with Crippen molar-refractivity contribution in [2.24, 2.45) is 5.41 Å². The number of aliphatic hydroxyl groups excluding tert-OH is 1. The van der Waals surface area contributed by atoms with Crippen LogP contribution in [0.5, 0.6) is 5.75 Å². The van der Waals surface area contributed by atoms with Crippen molar-refractivity contribution >= 4 is 10.9 Å². The summed E-state index contributed by atoms with van der Waals surface area (Å²) in [4.78, 5) is 4.73. The summed E-state index contributed by atoms with van der Waals surface area (Å²) in [5, 5.41) is 12.6. The minimum Gasteiger partial charge on any atom is -0.487 e. The highest BCUT2D eigenvalue weighted by atomic mass is 16.5. The molecule has 0 fully saturated rings. The summed E-state index contributed by atoms with van der Waals surface area (Å²) in [6.45, 7) is 4.92. The maximum Gasteiger partial charge on any atom is 0.130 e. The van der Waals surface area contributed by atoms with Gasteiger partial charge in [0.2, 0.25) is 0 Å². The summed E-state index contributed by atoms with van der Waals surface area (Å²) in [5.41, 5.74) is 4.18. The number of para-hydroxylation sites is 1. The van der Waals surface area contributed by atoms with Crippen LogP contribution >= 0.6 is 0 Å². The Hall–Kier alpha value is -2.39. The fourth-order valence-corrected chi connectivity index (χ4v) is 5.13. The minimum absolute atomic E-state index is 0.0115. The van der Waals surface area contributed by atoms with Crippen LogP contribution in [0.2, 0.25) is 0 Å². The highest BCUT2D eigenvalue weighted by Gasteiger charge is 2.42. The SMILES string of the molecule is CCCCC1(CCCC)CCc2c(OCc3ccc4ccccc4n3)cccc2[C@H]1O. The van der Waals surface area contributed by atoms with Gasteiger partial charge in [-0.25, -0.2) is 4.98 Å². The minimum atomic E-state index is -0.406. The van der Waals surface area contributed by atoms with E-state index in [1.165, 1.54) is 31.2 Å². The summed E-state index contributed by atoms with van der Waals surface area (Å²) < 4.78 is 6.24. The zero-order chi connectivity index (χ0) is 21.7. The van der Waals surface area contributed by atoms with Gasteiger partial charge in [0.05, 0.1) is 17.3 Å². The summed E-state index contributed by atoms with van der Waals surface area (Å²) in [7, 11) is 0. The molecule has 0 unspecified atom stereocenters. The van der Waals surface area contributed by atoms with Crippen molar-refractivity contribution in [1.29, 1.82) is 0 Å². The Morgan fingerprint density at radius 2 is 1.74 bits per heavy atom. The van der Waals surface area contributed by atoms with Gasteiger partial charge in [0.15, 0.2) is 0 Å². The first-order valence-electron chi connectivity index (χ1n) is 11.9. The first-order valence-corrected chi connectivity index (χ1v) is 11.9. The third kappa shape index (κ3) is 4.62. The van der Waals surface area contributed by atoms with Crippen LogP contribution < -0.4 is 4.74 Å². The predicted molar refractivity (Wildman–Crippen MR) is 127 cm³/mol. The van der Waals surface area contributed by atoms with Crippen LogP contribution in [0, 0.1) is 5.41 Å². The summed E-state index contributed by atoms with van der Waals surface area (Å²) in [6.07, 6.45) is 8.53. The average Bonchev–Trinajstić information content (AvgIpc) is 2.82. The molecule has 0 saturated carbocycles. The highest BCUT2D eigenvalue weighted by molar-refractivity contribution is 5.78. The fraction of sp³-hybridized carbons (Fsp3) is 0.464. The van der Waals surface area contributed by atoms with Crippen molar-refractivity contribution in [3.63, 3.8) is 0 Å². The van der Waals surface area contributed by atoms with Crippen molar-refractivity contribution in [3.8, 4) is 5.75 Å². The van der Waals surface area contributed by atoms with Crippen LogP contribution in [-0.2, 0) is 13.0 Å².